The zero-order chi connectivity index (χ0) is 20.3. The number of hydrogen-bond acceptors (Lipinski definition) is 5. The molecule has 0 unspecified atom stereocenters. The average Bonchev–Trinajstić information content (AvgIpc) is 3.21. The first kappa shape index (κ1) is 21.3. The zero-order valence-corrected chi connectivity index (χ0v) is 18.2. The van der Waals surface area contributed by atoms with Crippen LogP contribution in [0.2, 0.25) is 5.02 Å². The Morgan fingerprint density at radius 3 is 2.61 bits per heavy atom. The number of benzene rings is 1. The lowest BCUT2D eigenvalue weighted by Gasteiger charge is -2.35. The summed E-state index contributed by atoms with van der Waals surface area (Å²) >= 11 is 7.32. The van der Waals surface area contributed by atoms with Crippen LogP contribution in [0.15, 0.2) is 39.9 Å². The Morgan fingerprint density at radius 1 is 1.25 bits per heavy atom. The van der Waals surface area contributed by atoms with Crippen LogP contribution in [-0.4, -0.2) is 44.4 Å². The van der Waals surface area contributed by atoms with Gasteiger partial charge in [0.2, 0.25) is 15.9 Å². The van der Waals surface area contributed by atoms with E-state index < -0.39 is 10.0 Å². The predicted octanol–water partition coefficient (Wildman–Crippen LogP) is 3.48. The number of carbonyl (C=O) groups excluding carboxylic acids is 1. The number of carbonyl (C=O) groups is 1. The van der Waals surface area contributed by atoms with E-state index in [1.807, 2.05) is 19.9 Å². The van der Waals surface area contributed by atoms with Crippen LogP contribution in [0.3, 0.4) is 0 Å². The SMILES string of the molecule is Cc1c(Cl)cccc1NC(=O)[C@H](C)N1CCC(NS(=O)(=O)c2cccs2)CC1. The Kier molecular flexibility index (Phi) is 6.77. The highest BCUT2D eigenvalue weighted by Gasteiger charge is 2.29. The smallest absolute Gasteiger partial charge is 0.250 e. The monoisotopic (exact) mass is 441 g/mol. The summed E-state index contributed by atoms with van der Waals surface area (Å²) in [6.45, 7) is 5.04. The molecule has 6 nitrogen and oxygen atoms in total. The normalized spacial score (nSPS) is 17.4. The van der Waals surface area contributed by atoms with Crippen molar-refractivity contribution in [1.82, 2.24) is 9.62 Å². The van der Waals surface area contributed by atoms with Gasteiger partial charge in [-0.3, -0.25) is 9.69 Å². The maximum atomic E-state index is 12.6. The molecule has 0 spiro atoms. The van der Waals surface area contributed by atoms with Gasteiger partial charge in [-0.05, 0) is 55.8 Å². The molecule has 0 radical (unpaired) electrons. The minimum absolute atomic E-state index is 0.0945. The first-order valence-electron chi connectivity index (χ1n) is 9.14. The van der Waals surface area contributed by atoms with Gasteiger partial charge >= 0.3 is 0 Å². The number of nitrogens with one attached hydrogen (secondary N) is 2. The molecule has 2 N–H and O–H groups in total. The number of sulfonamides is 1. The van der Waals surface area contributed by atoms with E-state index in [0.717, 1.165) is 5.56 Å². The van der Waals surface area contributed by atoms with Crippen molar-refractivity contribution >= 4 is 44.6 Å². The molecule has 28 heavy (non-hydrogen) atoms. The quantitative estimate of drug-likeness (QED) is 0.719. The summed E-state index contributed by atoms with van der Waals surface area (Å²) in [7, 11) is -3.46. The molecule has 1 aliphatic rings. The molecule has 1 aromatic carbocycles. The van der Waals surface area contributed by atoms with Gasteiger partial charge in [0.25, 0.3) is 0 Å². The molecule has 0 saturated carbocycles. The average molecular weight is 442 g/mol. The molecule has 1 aliphatic heterocycles. The summed E-state index contributed by atoms with van der Waals surface area (Å²) in [5.74, 6) is -0.0945. The van der Waals surface area contributed by atoms with Crippen LogP contribution < -0.4 is 10.0 Å². The van der Waals surface area contributed by atoms with Crippen molar-refractivity contribution in [3.05, 3.63) is 46.3 Å². The maximum absolute atomic E-state index is 12.6. The van der Waals surface area contributed by atoms with Crippen molar-refractivity contribution in [2.24, 2.45) is 0 Å². The first-order valence-corrected chi connectivity index (χ1v) is 11.9. The molecule has 0 bridgehead atoms. The lowest BCUT2D eigenvalue weighted by Crippen LogP contribution is -2.50. The lowest BCUT2D eigenvalue weighted by atomic mass is 10.0. The van der Waals surface area contributed by atoms with Crippen molar-refractivity contribution in [3.63, 3.8) is 0 Å². The molecule has 2 aromatic rings. The Bertz CT molecular complexity index is 924. The van der Waals surface area contributed by atoms with Crippen molar-refractivity contribution in [2.75, 3.05) is 18.4 Å². The molecule has 3 rings (SSSR count). The van der Waals surface area contributed by atoms with E-state index in [9.17, 15) is 13.2 Å². The highest BCUT2D eigenvalue weighted by atomic mass is 35.5. The summed E-state index contributed by atoms with van der Waals surface area (Å²) in [5, 5.41) is 5.31. The third-order valence-electron chi connectivity index (χ3n) is 5.06. The number of thiophene rings is 1. The topological polar surface area (TPSA) is 78.5 Å². The van der Waals surface area contributed by atoms with Crippen molar-refractivity contribution < 1.29 is 13.2 Å². The lowest BCUT2D eigenvalue weighted by molar-refractivity contribution is -0.121. The van der Waals surface area contributed by atoms with Gasteiger partial charge in [-0.25, -0.2) is 13.1 Å². The number of hydrogen-bond donors (Lipinski definition) is 2. The number of nitrogens with zero attached hydrogens (tertiary/aromatic N) is 1. The van der Waals surface area contributed by atoms with Gasteiger partial charge in [-0.2, -0.15) is 0 Å². The van der Waals surface area contributed by atoms with Gasteiger partial charge in [-0.1, -0.05) is 23.7 Å². The fourth-order valence-corrected chi connectivity index (χ4v) is 5.73. The van der Waals surface area contributed by atoms with Crippen LogP contribution in [0.1, 0.15) is 25.3 Å². The maximum Gasteiger partial charge on any atom is 0.250 e. The van der Waals surface area contributed by atoms with Crippen LogP contribution in [0.25, 0.3) is 0 Å². The number of amides is 1. The Balaban J connectivity index is 1.54. The van der Waals surface area contributed by atoms with Gasteiger partial charge in [0.15, 0.2) is 0 Å². The fraction of sp³-hybridized carbons (Fsp3) is 0.421. The van der Waals surface area contributed by atoms with Gasteiger partial charge in [0, 0.05) is 29.8 Å². The highest BCUT2D eigenvalue weighted by Crippen LogP contribution is 2.24. The minimum Gasteiger partial charge on any atom is -0.324 e. The van der Waals surface area contributed by atoms with E-state index in [0.29, 0.717) is 40.9 Å². The van der Waals surface area contributed by atoms with Crippen molar-refractivity contribution in [3.8, 4) is 0 Å². The highest BCUT2D eigenvalue weighted by molar-refractivity contribution is 7.91. The van der Waals surface area contributed by atoms with Crippen molar-refractivity contribution in [1.29, 1.82) is 0 Å². The van der Waals surface area contributed by atoms with Gasteiger partial charge in [-0.15, -0.1) is 11.3 Å². The second kappa shape index (κ2) is 8.92. The van der Waals surface area contributed by atoms with E-state index in [4.69, 9.17) is 11.6 Å². The van der Waals surface area contributed by atoms with Crippen LogP contribution in [0.5, 0.6) is 0 Å². The number of rotatable bonds is 6. The number of likely N-dealkylation sites (tertiary alicyclic amines) is 1. The Labute approximate surface area is 174 Å². The standard InChI is InChI=1S/C19H24ClN3O3S2/c1-13-16(20)5-3-6-17(13)21-19(24)14(2)23-10-8-15(9-11-23)22-28(25,26)18-7-4-12-27-18/h3-7,12,14-15,22H,8-11H2,1-2H3,(H,21,24)/t14-/m0/s1. The van der Waals surface area contributed by atoms with E-state index in [-0.39, 0.29) is 18.0 Å². The van der Waals surface area contributed by atoms with Crippen molar-refractivity contribution in [2.45, 2.75) is 43.0 Å². The molecular formula is C19H24ClN3O3S2. The molecule has 1 amide bonds. The second-order valence-corrected chi connectivity index (χ2v) is 10.2. The zero-order valence-electron chi connectivity index (χ0n) is 15.8. The molecule has 152 valence electrons. The summed E-state index contributed by atoms with van der Waals surface area (Å²) in [6, 6.07) is 8.33. The summed E-state index contributed by atoms with van der Waals surface area (Å²) in [6.07, 6.45) is 1.33. The molecule has 1 atom stereocenters. The Morgan fingerprint density at radius 2 is 1.96 bits per heavy atom. The number of piperidine rings is 1. The molecule has 1 aromatic heterocycles. The van der Waals surface area contributed by atoms with Crippen LogP contribution in [0.4, 0.5) is 5.69 Å². The summed E-state index contributed by atoms with van der Waals surface area (Å²) in [5.41, 5.74) is 1.55. The molecule has 0 aliphatic carbocycles. The summed E-state index contributed by atoms with van der Waals surface area (Å²) < 4.78 is 27.8. The molecule has 1 fully saturated rings. The minimum atomic E-state index is -3.46. The second-order valence-electron chi connectivity index (χ2n) is 6.94. The molecular weight excluding hydrogens is 418 g/mol. The number of anilines is 1. The third-order valence-corrected chi connectivity index (χ3v) is 8.39. The summed E-state index contributed by atoms with van der Waals surface area (Å²) in [4.78, 5) is 14.7. The third kappa shape index (κ3) is 4.93. The van der Waals surface area contributed by atoms with E-state index >= 15 is 0 Å². The van der Waals surface area contributed by atoms with Gasteiger partial charge in [0.1, 0.15) is 4.21 Å². The fourth-order valence-electron chi connectivity index (χ4n) is 3.24. The van der Waals surface area contributed by atoms with Gasteiger partial charge < -0.3 is 5.32 Å². The molecule has 1 saturated heterocycles. The van der Waals surface area contributed by atoms with E-state index in [1.165, 1.54) is 11.3 Å². The first-order chi connectivity index (χ1) is 13.3. The van der Waals surface area contributed by atoms with Crippen LogP contribution in [-0.2, 0) is 14.8 Å². The van der Waals surface area contributed by atoms with Crippen LogP contribution in [0, 0.1) is 6.92 Å². The van der Waals surface area contributed by atoms with Gasteiger partial charge in [0.05, 0.1) is 6.04 Å². The number of halogens is 1. The van der Waals surface area contributed by atoms with Crippen LogP contribution >= 0.6 is 22.9 Å². The predicted molar refractivity (Wildman–Crippen MR) is 114 cm³/mol. The Hall–Kier alpha value is -1.45. The largest absolute Gasteiger partial charge is 0.324 e. The van der Waals surface area contributed by atoms with E-state index in [1.54, 1.807) is 29.6 Å². The molecule has 2 heterocycles. The van der Waals surface area contributed by atoms with E-state index in [2.05, 4.69) is 14.9 Å². The molecule has 9 heteroatoms.